The molecule has 0 radical (unpaired) electrons. The van der Waals surface area contributed by atoms with E-state index in [4.69, 9.17) is 4.74 Å². The maximum Gasteiger partial charge on any atom is 0.302 e. The fourth-order valence-corrected chi connectivity index (χ4v) is 7.55. The molecule has 3 N–H and O–H groups in total. The fraction of sp³-hybridized carbons (Fsp3) is 0.818. The number of ketones is 1. The van der Waals surface area contributed by atoms with Crippen LogP contribution in [0.1, 0.15) is 52.9 Å². The van der Waals surface area contributed by atoms with Gasteiger partial charge in [0.1, 0.15) is 0 Å². The molecule has 8 atom stereocenters. The first-order valence-electron chi connectivity index (χ1n) is 10.4. The molecule has 4 saturated carbocycles. The van der Waals surface area contributed by atoms with Gasteiger partial charge in [-0.05, 0) is 54.9 Å². The first kappa shape index (κ1) is 20.0. The van der Waals surface area contributed by atoms with Gasteiger partial charge in [-0.1, -0.05) is 20.4 Å². The summed E-state index contributed by atoms with van der Waals surface area (Å²) in [6, 6.07) is 0. The van der Waals surface area contributed by atoms with E-state index in [0.717, 1.165) is 6.42 Å². The Balaban J connectivity index is 1.92. The second-order valence-corrected chi connectivity index (χ2v) is 10.2. The summed E-state index contributed by atoms with van der Waals surface area (Å²) in [7, 11) is 0. The molecule has 28 heavy (non-hydrogen) atoms. The van der Waals surface area contributed by atoms with E-state index >= 15 is 0 Å². The van der Waals surface area contributed by atoms with Gasteiger partial charge in [0, 0.05) is 18.3 Å². The van der Waals surface area contributed by atoms with Crippen molar-refractivity contribution in [3.8, 4) is 0 Å². The summed E-state index contributed by atoms with van der Waals surface area (Å²) in [6.45, 7) is 9.52. The fourth-order valence-electron chi connectivity index (χ4n) is 7.55. The quantitative estimate of drug-likeness (QED) is 0.487. The minimum absolute atomic E-state index is 0.00781. The Morgan fingerprint density at radius 1 is 1.14 bits per heavy atom. The molecule has 1 spiro atoms. The van der Waals surface area contributed by atoms with E-state index in [2.05, 4.69) is 20.4 Å². The number of aliphatic hydroxyl groups excluding tert-OH is 3. The molecule has 0 aromatic carbocycles. The van der Waals surface area contributed by atoms with Crippen LogP contribution in [-0.2, 0) is 14.3 Å². The van der Waals surface area contributed by atoms with Gasteiger partial charge in [0.15, 0.2) is 5.78 Å². The van der Waals surface area contributed by atoms with Gasteiger partial charge >= 0.3 is 5.97 Å². The van der Waals surface area contributed by atoms with Gasteiger partial charge in [-0.2, -0.15) is 0 Å². The number of hydrogen-bond acceptors (Lipinski definition) is 6. The maximum atomic E-state index is 13.4. The van der Waals surface area contributed by atoms with Crippen molar-refractivity contribution in [2.24, 2.45) is 34.0 Å². The molecular weight excluding hydrogens is 360 g/mol. The molecule has 4 aliphatic rings. The standard InChI is InChI=1S/C22H32O6/c1-11-13-5-6-14-21(10-28-12(2)23)15(20(3,4)8-7-16(21)24)9-17(25)22(14,18(11)26)19(13)27/h13-17,19,24-25,27H,1,5-10H2,2-4H3/t13-,14+,15-,16+,17-,19-,21+,22+/m1/s1. The largest absolute Gasteiger partial charge is 0.465 e. The highest BCUT2D eigenvalue weighted by atomic mass is 16.5. The number of fused-ring (bicyclic) bond motifs is 3. The van der Waals surface area contributed by atoms with Crippen LogP contribution in [0.25, 0.3) is 0 Å². The van der Waals surface area contributed by atoms with E-state index < -0.39 is 41.0 Å². The number of esters is 1. The molecule has 156 valence electrons. The summed E-state index contributed by atoms with van der Waals surface area (Å²) in [5.74, 6) is -1.62. The summed E-state index contributed by atoms with van der Waals surface area (Å²) >= 11 is 0. The van der Waals surface area contributed by atoms with Crippen LogP contribution in [0, 0.1) is 34.0 Å². The Hall–Kier alpha value is -1.24. The third-order valence-electron chi connectivity index (χ3n) is 8.81. The lowest BCUT2D eigenvalue weighted by Gasteiger charge is -2.66. The molecule has 4 fully saturated rings. The predicted octanol–water partition coefficient (Wildman–Crippen LogP) is 1.61. The second kappa shape index (κ2) is 6.13. The molecule has 6 nitrogen and oxygen atoms in total. The summed E-state index contributed by atoms with van der Waals surface area (Å²) in [6.07, 6.45) is 0.0486. The van der Waals surface area contributed by atoms with Crippen molar-refractivity contribution in [1.82, 2.24) is 0 Å². The Labute approximate surface area is 166 Å². The topological polar surface area (TPSA) is 104 Å². The zero-order chi connectivity index (χ0) is 20.6. The maximum absolute atomic E-state index is 13.4. The first-order chi connectivity index (χ1) is 13.0. The SMILES string of the molecule is C=C1C(=O)[C@@]23[C@H](O)C[C@@H]4C(C)(C)CC[C@H](O)[C@@]4(COC(C)=O)[C@@H]2CC[C@H]1[C@H]3O. The Bertz CT molecular complexity index is 729. The highest BCUT2D eigenvalue weighted by Gasteiger charge is 2.76. The summed E-state index contributed by atoms with van der Waals surface area (Å²) in [4.78, 5) is 25.1. The average Bonchev–Trinajstić information content (AvgIpc) is 2.73. The van der Waals surface area contributed by atoms with Gasteiger partial charge in [-0.3, -0.25) is 9.59 Å². The lowest BCUT2D eigenvalue weighted by molar-refractivity contribution is -0.268. The molecule has 4 rings (SSSR count). The predicted molar refractivity (Wildman–Crippen MR) is 101 cm³/mol. The zero-order valence-corrected chi connectivity index (χ0v) is 17.0. The summed E-state index contributed by atoms with van der Waals surface area (Å²) in [5, 5.41) is 33.8. The third kappa shape index (κ3) is 2.20. The molecule has 0 unspecified atom stereocenters. The molecule has 0 aliphatic heterocycles. The normalized spacial score (nSPS) is 49.4. The van der Waals surface area contributed by atoms with Crippen LogP contribution in [0.15, 0.2) is 12.2 Å². The summed E-state index contributed by atoms with van der Waals surface area (Å²) in [5.41, 5.74) is -2.02. The Kier molecular flexibility index (Phi) is 4.39. The third-order valence-corrected chi connectivity index (χ3v) is 8.81. The van der Waals surface area contributed by atoms with Gasteiger partial charge in [0.05, 0.1) is 30.3 Å². The molecule has 0 amide bonds. The molecule has 4 aliphatic carbocycles. The van der Waals surface area contributed by atoms with E-state index in [1.54, 1.807) is 0 Å². The molecule has 0 saturated heterocycles. The van der Waals surface area contributed by atoms with E-state index in [1.807, 2.05) is 0 Å². The summed E-state index contributed by atoms with van der Waals surface area (Å²) < 4.78 is 5.49. The van der Waals surface area contributed by atoms with Crippen LogP contribution >= 0.6 is 0 Å². The molecule has 0 aromatic rings. The van der Waals surface area contributed by atoms with E-state index in [9.17, 15) is 24.9 Å². The lowest BCUT2D eigenvalue weighted by Crippen LogP contribution is -2.72. The Morgan fingerprint density at radius 2 is 1.82 bits per heavy atom. The number of carbonyl (C=O) groups is 2. The van der Waals surface area contributed by atoms with Crippen LogP contribution in [-0.4, -0.2) is 52.0 Å². The van der Waals surface area contributed by atoms with Crippen molar-refractivity contribution >= 4 is 11.8 Å². The van der Waals surface area contributed by atoms with Crippen LogP contribution < -0.4 is 0 Å². The van der Waals surface area contributed by atoms with Crippen molar-refractivity contribution in [1.29, 1.82) is 0 Å². The lowest BCUT2D eigenvalue weighted by atomic mass is 9.38. The molecular formula is C22H32O6. The van der Waals surface area contributed by atoms with E-state index in [1.165, 1.54) is 6.92 Å². The number of carbonyl (C=O) groups excluding carboxylic acids is 2. The molecule has 6 heteroatoms. The van der Waals surface area contributed by atoms with Crippen LogP contribution in [0.3, 0.4) is 0 Å². The highest BCUT2D eigenvalue weighted by Crippen LogP contribution is 2.71. The monoisotopic (exact) mass is 392 g/mol. The van der Waals surface area contributed by atoms with Gasteiger partial charge in [0.25, 0.3) is 0 Å². The van der Waals surface area contributed by atoms with E-state index in [-0.39, 0.29) is 29.6 Å². The van der Waals surface area contributed by atoms with E-state index in [0.29, 0.717) is 31.3 Å². The molecule has 0 aromatic heterocycles. The minimum Gasteiger partial charge on any atom is -0.465 e. The number of hydrogen-bond donors (Lipinski definition) is 3. The average molecular weight is 392 g/mol. The smallest absolute Gasteiger partial charge is 0.302 e. The number of Topliss-reactive ketones (excluding diaryl/α,β-unsaturated/α-hetero) is 1. The molecule has 0 heterocycles. The number of ether oxygens (including phenoxy) is 1. The number of aliphatic hydroxyl groups is 3. The first-order valence-corrected chi connectivity index (χ1v) is 10.4. The van der Waals surface area contributed by atoms with Crippen LogP contribution in [0.2, 0.25) is 0 Å². The highest BCUT2D eigenvalue weighted by molar-refractivity contribution is 6.04. The van der Waals surface area contributed by atoms with Crippen molar-refractivity contribution in [2.45, 2.75) is 71.2 Å². The van der Waals surface area contributed by atoms with Crippen LogP contribution in [0.4, 0.5) is 0 Å². The van der Waals surface area contributed by atoms with Crippen molar-refractivity contribution in [3.05, 3.63) is 12.2 Å². The van der Waals surface area contributed by atoms with Gasteiger partial charge in [-0.15, -0.1) is 0 Å². The van der Waals surface area contributed by atoms with Gasteiger partial charge < -0.3 is 20.1 Å². The zero-order valence-electron chi connectivity index (χ0n) is 17.0. The minimum atomic E-state index is -1.36. The second-order valence-electron chi connectivity index (χ2n) is 10.2. The van der Waals surface area contributed by atoms with Crippen LogP contribution in [0.5, 0.6) is 0 Å². The van der Waals surface area contributed by atoms with Crippen molar-refractivity contribution in [2.75, 3.05) is 6.61 Å². The number of rotatable bonds is 2. The Morgan fingerprint density at radius 3 is 2.46 bits per heavy atom. The van der Waals surface area contributed by atoms with Gasteiger partial charge in [0.2, 0.25) is 0 Å². The van der Waals surface area contributed by atoms with Crippen molar-refractivity contribution in [3.63, 3.8) is 0 Å². The molecule has 2 bridgehead atoms. The van der Waals surface area contributed by atoms with Crippen molar-refractivity contribution < 1.29 is 29.6 Å². The van der Waals surface area contributed by atoms with Gasteiger partial charge in [-0.25, -0.2) is 0 Å².